The van der Waals surface area contributed by atoms with Gasteiger partial charge in [-0.15, -0.1) is 0 Å². The number of ether oxygens (including phenoxy) is 1. The molecule has 0 aliphatic carbocycles. The molecule has 1 aromatic heterocycles. The number of rotatable bonds is 4. The Morgan fingerprint density at radius 1 is 1.45 bits per heavy atom. The fourth-order valence-corrected chi connectivity index (χ4v) is 1.87. The van der Waals surface area contributed by atoms with Crippen LogP contribution < -0.4 is 4.74 Å². The lowest BCUT2D eigenvalue weighted by molar-refractivity contribution is -0.383. The molecule has 102 valence electrons. The summed E-state index contributed by atoms with van der Waals surface area (Å²) >= 11 is 0. The first kappa shape index (κ1) is 13.5. The predicted molar refractivity (Wildman–Crippen MR) is 71.6 cm³/mol. The minimum Gasteiger partial charge on any atom is -0.494 e. The lowest BCUT2D eigenvalue weighted by atomic mass is 10.1. The lowest BCUT2D eigenvalue weighted by Crippen LogP contribution is -1.96. The zero-order valence-corrected chi connectivity index (χ0v) is 10.4. The van der Waals surface area contributed by atoms with Crippen molar-refractivity contribution in [1.29, 1.82) is 0 Å². The van der Waals surface area contributed by atoms with Gasteiger partial charge in [0.2, 0.25) is 0 Å². The summed E-state index contributed by atoms with van der Waals surface area (Å²) in [6.45, 7) is 0. The molecule has 20 heavy (non-hydrogen) atoms. The fraction of sp³-hybridized carbons (Fsp3) is 0.0769. The van der Waals surface area contributed by atoms with Crippen molar-refractivity contribution in [2.24, 2.45) is 0 Å². The smallest absolute Gasteiger partial charge is 0.328 e. The van der Waals surface area contributed by atoms with Gasteiger partial charge in [-0.3, -0.25) is 15.1 Å². The number of nitro groups is 1. The van der Waals surface area contributed by atoms with E-state index in [1.54, 1.807) is 0 Å². The maximum absolute atomic E-state index is 11.1. The number of benzene rings is 1. The minimum absolute atomic E-state index is 0.154. The summed E-state index contributed by atoms with van der Waals surface area (Å²) in [5, 5.41) is 20.0. The molecule has 0 aliphatic heterocycles. The topological polar surface area (TPSA) is 103 Å². The summed E-state index contributed by atoms with van der Waals surface area (Å²) in [6.07, 6.45) is 3.65. The quantitative estimate of drug-likeness (QED) is 0.521. The van der Waals surface area contributed by atoms with E-state index in [0.29, 0.717) is 16.8 Å². The Bertz CT molecular complexity index is 724. The maximum Gasteiger partial charge on any atom is 0.328 e. The molecular weight excluding hydrogens is 264 g/mol. The van der Waals surface area contributed by atoms with E-state index in [9.17, 15) is 14.9 Å². The largest absolute Gasteiger partial charge is 0.494 e. The molecule has 0 aliphatic rings. The Hall–Kier alpha value is -2.96. The first-order valence-electron chi connectivity index (χ1n) is 5.55. The van der Waals surface area contributed by atoms with Crippen molar-refractivity contribution < 1.29 is 19.6 Å². The molecule has 7 nitrogen and oxygen atoms in total. The van der Waals surface area contributed by atoms with E-state index >= 15 is 0 Å². The number of nitro benzene ring substituents is 1. The summed E-state index contributed by atoms with van der Waals surface area (Å²) in [7, 11) is 1.43. The normalized spacial score (nSPS) is 10.8. The van der Waals surface area contributed by atoms with Crippen LogP contribution in [0.1, 0.15) is 5.56 Å². The van der Waals surface area contributed by atoms with E-state index < -0.39 is 10.9 Å². The molecule has 1 heterocycles. The second-order valence-corrected chi connectivity index (χ2v) is 3.84. The van der Waals surface area contributed by atoms with Crippen molar-refractivity contribution >= 4 is 28.6 Å². The van der Waals surface area contributed by atoms with Crippen molar-refractivity contribution in [2.75, 3.05) is 7.11 Å². The molecule has 0 bridgehead atoms. The molecule has 1 N–H and O–H groups in total. The van der Waals surface area contributed by atoms with E-state index in [4.69, 9.17) is 9.84 Å². The molecule has 2 aromatic rings. The molecule has 1 aromatic carbocycles. The molecule has 0 radical (unpaired) electrons. The van der Waals surface area contributed by atoms with Gasteiger partial charge in [-0.05, 0) is 23.8 Å². The van der Waals surface area contributed by atoms with Crippen molar-refractivity contribution in [3.63, 3.8) is 0 Å². The number of carbonyl (C=O) groups is 1. The van der Waals surface area contributed by atoms with Crippen LogP contribution in [-0.4, -0.2) is 28.1 Å². The monoisotopic (exact) mass is 274 g/mol. The van der Waals surface area contributed by atoms with Crippen LogP contribution in [0.2, 0.25) is 0 Å². The molecule has 0 amide bonds. The van der Waals surface area contributed by atoms with Gasteiger partial charge in [0.05, 0.1) is 17.4 Å². The van der Waals surface area contributed by atoms with E-state index in [2.05, 4.69) is 4.98 Å². The van der Waals surface area contributed by atoms with Crippen molar-refractivity contribution in [1.82, 2.24) is 4.98 Å². The first-order valence-corrected chi connectivity index (χ1v) is 5.55. The van der Waals surface area contributed by atoms with Gasteiger partial charge in [-0.1, -0.05) is 0 Å². The highest BCUT2D eigenvalue weighted by molar-refractivity contribution is 6.00. The number of fused-ring (bicyclic) bond motifs is 1. The summed E-state index contributed by atoms with van der Waals surface area (Å²) in [5.41, 5.74) is 0.552. The third-order valence-corrected chi connectivity index (χ3v) is 2.69. The van der Waals surface area contributed by atoms with E-state index in [1.807, 2.05) is 0 Å². The number of hydrogen-bond donors (Lipinski definition) is 1. The predicted octanol–water partition coefficient (Wildman–Crippen LogP) is 2.25. The van der Waals surface area contributed by atoms with Gasteiger partial charge in [-0.2, -0.15) is 0 Å². The highest BCUT2D eigenvalue weighted by Gasteiger charge is 2.18. The van der Waals surface area contributed by atoms with E-state index in [1.165, 1.54) is 37.6 Å². The summed E-state index contributed by atoms with van der Waals surface area (Å²) in [5.74, 6) is -0.753. The van der Waals surface area contributed by atoms with Gasteiger partial charge in [0.1, 0.15) is 11.3 Å². The van der Waals surface area contributed by atoms with Gasteiger partial charge < -0.3 is 9.84 Å². The number of carboxylic acids is 1. The molecule has 0 unspecified atom stereocenters. The van der Waals surface area contributed by atoms with Gasteiger partial charge in [0.25, 0.3) is 5.69 Å². The summed E-state index contributed by atoms with van der Waals surface area (Å²) < 4.78 is 5.12. The Morgan fingerprint density at radius 2 is 2.20 bits per heavy atom. The molecule has 0 spiro atoms. The molecule has 0 atom stereocenters. The SMILES string of the molecule is COc1ccc([N+](=O)[O-])c2c(/C=C/C(=O)O)ccnc12. The molecule has 7 heteroatoms. The number of nitrogens with zero attached hydrogens (tertiary/aromatic N) is 2. The maximum atomic E-state index is 11.1. The Morgan fingerprint density at radius 3 is 2.80 bits per heavy atom. The number of methoxy groups -OCH3 is 1. The number of aromatic nitrogens is 1. The standard InChI is InChI=1S/C13H10N2O5/c1-20-10-4-3-9(15(18)19)12-8(2-5-11(16)17)6-7-14-13(10)12/h2-7H,1H3,(H,16,17)/b5-2+. The second-order valence-electron chi connectivity index (χ2n) is 3.84. The minimum atomic E-state index is -1.14. The summed E-state index contributed by atoms with van der Waals surface area (Å²) in [6, 6.07) is 4.27. The average Bonchev–Trinajstić information content (AvgIpc) is 2.43. The van der Waals surface area contributed by atoms with Gasteiger partial charge in [-0.25, -0.2) is 4.79 Å². The fourth-order valence-electron chi connectivity index (χ4n) is 1.87. The molecule has 0 fully saturated rings. The van der Waals surface area contributed by atoms with Crippen molar-refractivity contribution in [3.05, 3.63) is 46.1 Å². The van der Waals surface area contributed by atoms with Crippen LogP contribution in [0, 0.1) is 10.1 Å². The zero-order valence-electron chi connectivity index (χ0n) is 10.4. The van der Waals surface area contributed by atoms with Crippen LogP contribution in [0.3, 0.4) is 0 Å². The molecule has 0 saturated carbocycles. The molecular formula is C13H10N2O5. The third-order valence-electron chi connectivity index (χ3n) is 2.69. The Kier molecular flexibility index (Phi) is 3.60. The number of hydrogen-bond acceptors (Lipinski definition) is 5. The highest BCUT2D eigenvalue weighted by atomic mass is 16.6. The number of non-ortho nitro benzene ring substituents is 1. The average molecular weight is 274 g/mol. The molecule has 2 rings (SSSR count). The zero-order chi connectivity index (χ0) is 14.7. The summed E-state index contributed by atoms with van der Waals surface area (Å²) in [4.78, 5) is 25.2. The molecule has 0 saturated heterocycles. The number of pyridine rings is 1. The van der Waals surface area contributed by atoms with Crippen LogP contribution in [0.25, 0.3) is 17.0 Å². The Balaban J connectivity index is 2.82. The van der Waals surface area contributed by atoms with Crippen LogP contribution in [0.15, 0.2) is 30.5 Å². The van der Waals surface area contributed by atoms with E-state index in [0.717, 1.165) is 6.08 Å². The second kappa shape index (κ2) is 5.35. The number of aliphatic carboxylic acids is 1. The van der Waals surface area contributed by atoms with Crippen LogP contribution in [0.4, 0.5) is 5.69 Å². The number of carboxylic acid groups (broad SMARTS) is 1. The van der Waals surface area contributed by atoms with Crippen LogP contribution in [-0.2, 0) is 4.79 Å². The van der Waals surface area contributed by atoms with Gasteiger partial charge in [0, 0.05) is 18.3 Å². The highest BCUT2D eigenvalue weighted by Crippen LogP contribution is 2.34. The van der Waals surface area contributed by atoms with E-state index in [-0.39, 0.29) is 11.1 Å². The third kappa shape index (κ3) is 2.41. The van der Waals surface area contributed by atoms with Crippen molar-refractivity contribution in [3.8, 4) is 5.75 Å². The first-order chi connectivity index (χ1) is 9.54. The van der Waals surface area contributed by atoms with Crippen LogP contribution >= 0.6 is 0 Å². The Labute approximate surface area is 113 Å². The lowest BCUT2D eigenvalue weighted by Gasteiger charge is -2.07. The van der Waals surface area contributed by atoms with Gasteiger partial charge in [0.15, 0.2) is 0 Å². The van der Waals surface area contributed by atoms with Gasteiger partial charge >= 0.3 is 5.97 Å². The van der Waals surface area contributed by atoms with Crippen LogP contribution in [0.5, 0.6) is 5.75 Å². The van der Waals surface area contributed by atoms with Crippen molar-refractivity contribution in [2.45, 2.75) is 0 Å².